The molecular formula is C26H34ClN5O3. The molecule has 3 heterocycles. The van der Waals surface area contributed by atoms with E-state index in [2.05, 4.69) is 34.0 Å². The van der Waals surface area contributed by atoms with Gasteiger partial charge in [-0.1, -0.05) is 23.7 Å². The minimum absolute atomic E-state index is 0.00945. The van der Waals surface area contributed by atoms with Crippen LogP contribution in [0, 0.1) is 0 Å². The third-order valence-corrected chi connectivity index (χ3v) is 8.04. The number of rotatable bonds is 5. The number of aromatic nitrogens is 2. The molecule has 35 heavy (non-hydrogen) atoms. The maximum atomic E-state index is 13.9. The van der Waals surface area contributed by atoms with Crippen LogP contribution < -0.4 is 10.2 Å². The lowest BCUT2D eigenvalue weighted by Crippen LogP contribution is -2.53. The topological polar surface area (TPSA) is 102 Å². The summed E-state index contributed by atoms with van der Waals surface area (Å²) in [6.45, 7) is 6.78. The lowest BCUT2D eigenvalue weighted by molar-refractivity contribution is -0.133. The van der Waals surface area contributed by atoms with Crippen LogP contribution in [0.3, 0.4) is 0 Å². The Morgan fingerprint density at radius 3 is 2.54 bits per heavy atom. The third-order valence-electron chi connectivity index (χ3n) is 7.79. The van der Waals surface area contributed by atoms with Crippen molar-refractivity contribution in [3.63, 3.8) is 0 Å². The normalized spacial score (nSPS) is 26.6. The molecule has 1 aliphatic carbocycles. The minimum Gasteiger partial charge on any atom is -0.396 e. The largest absolute Gasteiger partial charge is 0.396 e. The van der Waals surface area contributed by atoms with Gasteiger partial charge in [0.2, 0.25) is 5.91 Å². The molecule has 8 nitrogen and oxygen atoms in total. The summed E-state index contributed by atoms with van der Waals surface area (Å²) in [6.07, 6.45) is 3.25. The fourth-order valence-electron chi connectivity index (χ4n) is 5.94. The van der Waals surface area contributed by atoms with E-state index in [-0.39, 0.29) is 35.9 Å². The quantitative estimate of drug-likeness (QED) is 0.581. The number of nitrogens with zero attached hydrogens (tertiary/aromatic N) is 4. The smallest absolute Gasteiger partial charge is 0.231 e. The van der Waals surface area contributed by atoms with Crippen LogP contribution in [0.5, 0.6) is 0 Å². The fraction of sp³-hybridized carbons (Fsp3) is 0.577. The summed E-state index contributed by atoms with van der Waals surface area (Å²) >= 11 is 6.14. The van der Waals surface area contributed by atoms with Crippen molar-refractivity contribution in [1.29, 1.82) is 0 Å². The zero-order chi connectivity index (χ0) is 24.7. The Bertz CT molecular complexity index is 1070. The second-order valence-corrected chi connectivity index (χ2v) is 11.1. The molecule has 3 aliphatic rings. The number of halogens is 1. The SMILES string of the molecule is CC1(C)CC[C@@H]([C@@H](C(=O)N2CCN(c3ncnc4c3[C@H](CO)C[C@H]4O)CC2)c2ccc(Cl)cc2)N1. The van der Waals surface area contributed by atoms with Crippen LogP contribution in [-0.4, -0.2) is 75.4 Å². The third kappa shape index (κ3) is 4.77. The molecule has 1 aromatic carbocycles. The van der Waals surface area contributed by atoms with Crippen LogP contribution in [0.15, 0.2) is 30.6 Å². The summed E-state index contributed by atoms with van der Waals surface area (Å²) in [5, 5.41) is 24.6. The molecule has 0 spiro atoms. The van der Waals surface area contributed by atoms with Gasteiger partial charge in [0.25, 0.3) is 0 Å². The number of piperazine rings is 1. The number of carbonyl (C=O) groups excluding carboxylic acids is 1. The van der Waals surface area contributed by atoms with Gasteiger partial charge in [-0.2, -0.15) is 0 Å². The molecule has 188 valence electrons. The van der Waals surface area contributed by atoms with Gasteiger partial charge >= 0.3 is 0 Å². The van der Waals surface area contributed by atoms with Crippen molar-refractivity contribution in [2.75, 3.05) is 37.7 Å². The van der Waals surface area contributed by atoms with E-state index in [9.17, 15) is 15.0 Å². The number of hydrogen-bond acceptors (Lipinski definition) is 7. The van der Waals surface area contributed by atoms with Gasteiger partial charge in [0.1, 0.15) is 12.1 Å². The molecule has 2 aromatic rings. The highest BCUT2D eigenvalue weighted by molar-refractivity contribution is 6.30. The van der Waals surface area contributed by atoms with Crippen molar-refractivity contribution >= 4 is 23.3 Å². The van der Waals surface area contributed by atoms with Gasteiger partial charge in [-0.25, -0.2) is 9.97 Å². The first-order valence-electron chi connectivity index (χ1n) is 12.5. The van der Waals surface area contributed by atoms with Crippen LogP contribution in [0.2, 0.25) is 5.02 Å². The Kier molecular flexibility index (Phi) is 6.74. The number of aliphatic hydroxyl groups excluding tert-OH is 2. The van der Waals surface area contributed by atoms with E-state index in [1.54, 1.807) is 0 Å². The number of carbonyl (C=O) groups is 1. The predicted octanol–water partition coefficient (Wildman–Crippen LogP) is 2.61. The standard InChI is InChI=1S/C26H34ClN5O3/c1-26(2)8-7-19(30-26)21(16-3-5-18(27)6-4-16)25(35)32-11-9-31(10-12-32)24-22-17(14-33)13-20(34)23(22)28-15-29-24/h3-6,15,17,19-21,30,33-34H,7-14H2,1-2H3/t17-,19-,20+,21-/m0/s1. The summed E-state index contributed by atoms with van der Waals surface area (Å²) in [6, 6.07) is 7.74. The van der Waals surface area contributed by atoms with Crippen LogP contribution in [-0.2, 0) is 4.79 Å². The zero-order valence-electron chi connectivity index (χ0n) is 20.3. The van der Waals surface area contributed by atoms with Crippen molar-refractivity contribution in [1.82, 2.24) is 20.2 Å². The number of aliphatic hydroxyl groups is 2. The first kappa shape index (κ1) is 24.4. The molecule has 2 aliphatic heterocycles. The van der Waals surface area contributed by atoms with E-state index in [0.717, 1.165) is 29.8 Å². The maximum absolute atomic E-state index is 13.9. The average molecular weight is 500 g/mol. The van der Waals surface area contributed by atoms with Gasteiger partial charge in [-0.05, 0) is 50.8 Å². The lowest BCUT2D eigenvalue weighted by Gasteiger charge is -2.39. The monoisotopic (exact) mass is 499 g/mol. The van der Waals surface area contributed by atoms with Gasteiger partial charge in [-0.15, -0.1) is 0 Å². The summed E-state index contributed by atoms with van der Waals surface area (Å²) in [5.74, 6) is 0.477. The number of anilines is 1. The molecule has 9 heteroatoms. The van der Waals surface area contributed by atoms with Gasteiger partial charge in [-0.3, -0.25) is 4.79 Å². The molecule has 2 saturated heterocycles. The Morgan fingerprint density at radius 2 is 1.91 bits per heavy atom. The Labute approximate surface area is 211 Å². The summed E-state index contributed by atoms with van der Waals surface area (Å²) in [4.78, 5) is 26.8. The van der Waals surface area contributed by atoms with Crippen LogP contribution in [0.25, 0.3) is 0 Å². The molecule has 2 fully saturated rings. The molecule has 4 atom stereocenters. The predicted molar refractivity (Wildman–Crippen MR) is 135 cm³/mol. The van der Waals surface area contributed by atoms with Gasteiger partial charge in [0.05, 0.1) is 24.3 Å². The van der Waals surface area contributed by atoms with E-state index < -0.39 is 6.10 Å². The van der Waals surface area contributed by atoms with Crippen LogP contribution in [0.1, 0.15) is 67.9 Å². The van der Waals surface area contributed by atoms with Gasteiger partial charge in [0, 0.05) is 54.3 Å². The van der Waals surface area contributed by atoms with Crippen molar-refractivity contribution in [3.8, 4) is 0 Å². The first-order valence-corrected chi connectivity index (χ1v) is 12.9. The maximum Gasteiger partial charge on any atom is 0.231 e. The summed E-state index contributed by atoms with van der Waals surface area (Å²) < 4.78 is 0. The van der Waals surface area contributed by atoms with Crippen molar-refractivity contribution in [2.24, 2.45) is 0 Å². The average Bonchev–Trinajstić information content (AvgIpc) is 3.39. The van der Waals surface area contributed by atoms with Crippen LogP contribution in [0.4, 0.5) is 5.82 Å². The van der Waals surface area contributed by atoms with E-state index >= 15 is 0 Å². The molecule has 0 unspecified atom stereocenters. The Hall–Kier alpha value is -2.26. The molecule has 3 N–H and O–H groups in total. The lowest BCUT2D eigenvalue weighted by atomic mass is 9.88. The molecule has 1 amide bonds. The van der Waals surface area contributed by atoms with Gasteiger partial charge in [0.15, 0.2) is 0 Å². The second kappa shape index (κ2) is 9.65. The summed E-state index contributed by atoms with van der Waals surface area (Å²) in [5.41, 5.74) is 2.46. The Balaban J connectivity index is 1.34. The molecule has 1 aromatic heterocycles. The molecular weight excluding hydrogens is 466 g/mol. The van der Waals surface area contributed by atoms with Crippen molar-refractivity contribution < 1.29 is 15.0 Å². The first-order chi connectivity index (χ1) is 16.8. The number of amides is 1. The van der Waals surface area contributed by atoms with E-state index in [0.29, 0.717) is 43.3 Å². The van der Waals surface area contributed by atoms with Gasteiger partial charge < -0.3 is 25.3 Å². The van der Waals surface area contributed by atoms with Crippen LogP contribution >= 0.6 is 11.6 Å². The number of benzene rings is 1. The fourth-order valence-corrected chi connectivity index (χ4v) is 6.06. The highest BCUT2D eigenvalue weighted by Crippen LogP contribution is 2.43. The Morgan fingerprint density at radius 1 is 1.20 bits per heavy atom. The zero-order valence-corrected chi connectivity index (χ0v) is 21.1. The number of hydrogen-bond donors (Lipinski definition) is 3. The molecule has 0 bridgehead atoms. The highest BCUT2D eigenvalue weighted by Gasteiger charge is 2.41. The minimum atomic E-state index is -0.671. The number of fused-ring (bicyclic) bond motifs is 1. The molecule has 0 radical (unpaired) electrons. The van der Waals surface area contributed by atoms with Crippen molar-refractivity contribution in [2.45, 2.75) is 62.6 Å². The molecule has 0 saturated carbocycles. The summed E-state index contributed by atoms with van der Waals surface area (Å²) in [7, 11) is 0. The second-order valence-electron chi connectivity index (χ2n) is 10.6. The molecule has 5 rings (SSSR count). The van der Waals surface area contributed by atoms with E-state index in [1.165, 1.54) is 6.33 Å². The van der Waals surface area contributed by atoms with Crippen molar-refractivity contribution in [3.05, 3.63) is 52.4 Å². The highest BCUT2D eigenvalue weighted by atomic mass is 35.5. The van der Waals surface area contributed by atoms with E-state index in [1.807, 2.05) is 29.2 Å². The number of nitrogens with one attached hydrogen (secondary N) is 1. The van der Waals surface area contributed by atoms with E-state index in [4.69, 9.17) is 11.6 Å².